The third-order valence-electron chi connectivity index (χ3n) is 2.67. The van der Waals surface area contributed by atoms with Gasteiger partial charge in [0.2, 0.25) is 0 Å². The zero-order valence-electron chi connectivity index (χ0n) is 10.6. The minimum absolute atomic E-state index is 0.0360. The first-order chi connectivity index (χ1) is 9.13. The molecule has 1 heterocycles. The van der Waals surface area contributed by atoms with E-state index in [0.29, 0.717) is 23.5 Å². The Hall–Kier alpha value is -1.33. The van der Waals surface area contributed by atoms with Gasteiger partial charge in [0.25, 0.3) is 0 Å². The Labute approximate surface area is 124 Å². The van der Waals surface area contributed by atoms with Gasteiger partial charge in [-0.15, -0.1) is 11.3 Å². The van der Waals surface area contributed by atoms with Crippen molar-refractivity contribution in [1.29, 1.82) is 0 Å². The van der Waals surface area contributed by atoms with E-state index in [4.69, 9.17) is 9.47 Å². The molecule has 0 bridgehead atoms. The summed E-state index contributed by atoms with van der Waals surface area (Å²) in [7, 11) is 3.13. The van der Waals surface area contributed by atoms with Gasteiger partial charge in [0.15, 0.2) is 5.78 Å². The number of Topliss-reactive ketones (excluding diaryl/α,β-unsaturated/α-hetero) is 1. The van der Waals surface area contributed by atoms with Crippen molar-refractivity contribution in [3.05, 3.63) is 44.6 Å². The zero-order valence-corrected chi connectivity index (χ0v) is 13.0. The summed E-state index contributed by atoms with van der Waals surface area (Å²) in [6.45, 7) is 0. The van der Waals surface area contributed by atoms with E-state index in [2.05, 4.69) is 15.9 Å². The molecule has 0 radical (unpaired) electrons. The van der Waals surface area contributed by atoms with Crippen LogP contribution in [0.15, 0.2) is 34.1 Å². The lowest BCUT2D eigenvalue weighted by atomic mass is 10.1. The lowest BCUT2D eigenvalue weighted by molar-refractivity contribution is 0.0991. The summed E-state index contributed by atoms with van der Waals surface area (Å²) >= 11 is 4.94. The maximum absolute atomic E-state index is 12.3. The number of halogens is 1. The Bertz CT molecular complexity index is 592. The van der Waals surface area contributed by atoms with E-state index in [1.807, 2.05) is 11.4 Å². The summed E-state index contributed by atoms with van der Waals surface area (Å²) in [6.07, 6.45) is 0.374. The Balaban J connectivity index is 2.23. The minimum Gasteiger partial charge on any atom is -0.497 e. The molecule has 1 aromatic heterocycles. The molecule has 0 fully saturated rings. The van der Waals surface area contributed by atoms with Gasteiger partial charge in [-0.25, -0.2) is 0 Å². The fraction of sp³-hybridized carbons (Fsp3) is 0.214. The molecule has 2 rings (SSSR count). The molecule has 0 spiro atoms. The van der Waals surface area contributed by atoms with Gasteiger partial charge in [0.05, 0.1) is 19.8 Å². The quantitative estimate of drug-likeness (QED) is 0.773. The fourth-order valence-corrected chi connectivity index (χ4v) is 3.18. The van der Waals surface area contributed by atoms with Gasteiger partial charge in [0.1, 0.15) is 11.5 Å². The van der Waals surface area contributed by atoms with Crippen LogP contribution in [0.5, 0.6) is 11.5 Å². The zero-order chi connectivity index (χ0) is 13.8. The molecule has 2 aromatic rings. The molecule has 0 unspecified atom stereocenters. The van der Waals surface area contributed by atoms with Crippen LogP contribution in [0.3, 0.4) is 0 Å². The molecule has 5 heteroatoms. The van der Waals surface area contributed by atoms with Crippen LogP contribution in [-0.4, -0.2) is 20.0 Å². The summed E-state index contributed by atoms with van der Waals surface area (Å²) < 4.78 is 11.4. The minimum atomic E-state index is 0.0360. The normalized spacial score (nSPS) is 10.3. The van der Waals surface area contributed by atoms with Gasteiger partial charge in [-0.2, -0.15) is 0 Å². The SMILES string of the molecule is COc1ccc(C(=O)Cc2cc(Br)cs2)c(OC)c1. The molecule has 0 atom stereocenters. The number of benzene rings is 1. The molecule has 0 saturated heterocycles. The molecule has 0 aliphatic carbocycles. The molecular formula is C14H13BrO3S. The van der Waals surface area contributed by atoms with E-state index in [1.54, 1.807) is 43.8 Å². The van der Waals surface area contributed by atoms with Gasteiger partial charge in [-0.1, -0.05) is 0 Å². The number of carbonyl (C=O) groups is 1. The van der Waals surface area contributed by atoms with Crippen molar-refractivity contribution in [2.75, 3.05) is 14.2 Å². The average Bonchev–Trinajstić information content (AvgIpc) is 2.83. The molecule has 0 saturated carbocycles. The highest BCUT2D eigenvalue weighted by Crippen LogP contribution is 2.27. The molecule has 1 aromatic carbocycles. The van der Waals surface area contributed by atoms with Crippen molar-refractivity contribution < 1.29 is 14.3 Å². The summed E-state index contributed by atoms with van der Waals surface area (Å²) in [5.74, 6) is 1.25. The van der Waals surface area contributed by atoms with Gasteiger partial charge < -0.3 is 9.47 Å². The van der Waals surface area contributed by atoms with Crippen molar-refractivity contribution in [2.45, 2.75) is 6.42 Å². The molecule has 100 valence electrons. The number of hydrogen-bond donors (Lipinski definition) is 0. The van der Waals surface area contributed by atoms with E-state index >= 15 is 0 Å². The molecule has 0 N–H and O–H groups in total. The Morgan fingerprint density at radius 3 is 2.63 bits per heavy atom. The van der Waals surface area contributed by atoms with Crippen molar-refractivity contribution in [3.63, 3.8) is 0 Å². The van der Waals surface area contributed by atoms with Crippen LogP contribution >= 0.6 is 27.3 Å². The highest BCUT2D eigenvalue weighted by atomic mass is 79.9. The second-order valence-corrected chi connectivity index (χ2v) is 5.81. The number of ketones is 1. The van der Waals surface area contributed by atoms with Gasteiger partial charge >= 0.3 is 0 Å². The molecule has 19 heavy (non-hydrogen) atoms. The second-order valence-electron chi connectivity index (χ2n) is 3.90. The van der Waals surface area contributed by atoms with E-state index in [1.165, 1.54) is 0 Å². The van der Waals surface area contributed by atoms with Crippen LogP contribution in [-0.2, 0) is 6.42 Å². The lowest BCUT2D eigenvalue weighted by Gasteiger charge is -2.09. The van der Waals surface area contributed by atoms with Crippen molar-refractivity contribution in [3.8, 4) is 11.5 Å². The maximum Gasteiger partial charge on any atom is 0.171 e. The fourth-order valence-electron chi connectivity index (χ4n) is 1.73. The van der Waals surface area contributed by atoms with E-state index in [-0.39, 0.29) is 5.78 Å². The smallest absolute Gasteiger partial charge is 0.171 e. The number of methoxy groups -OCH3 is 2. The van der Waals surface area contributed by atoms with Crippen molar-refractivity contribution in [1.82, 2.24) is 0 Å². The van der Waals surface area contributed by atoms with Crippen molar-refractivity contribution in [2.24, 2.45) is 0 Å². The number of carbonyl (C=O) groups excluding carboxylic acids is 1. The molecule has 0 aliphatic heterocycles. The van der Waals surface area contributed by atoms with Crippen LogP contribution < -0.4 is 9.47 Å². The Morgan fingerprint density at radius 2 is 2.05 bits per heavy atom. The Kier molecular flexibility index (Phi) is 4.61. The third-order valence-corrected chi connectivity index (χ3v) is 4.36. The van der Waals surface area contributed by atoms with Crippen LogP contribution in [0.1, 0.15) is 15.2 Å². The predicted molar refractivity (Wildman–Crippen MR) is 79.6 cm³/mol. The Morgan fingerprint density at radius 1 is 1.26 bits per heavy atom. The average molecular weight is 341 g/mol. The van der Waals surface area contributed by atoms with Crippen LogP contribution in [0.4, 0.5) is 0 Å². The van der Waals surface area contributed by atoms with Gasteiger partial charge in [-0.3, -0.25) is 4.79 Å². The highest BCUT2D eigenvalue weighted by molar-refractivity contribution is 9.10. The van der Waals surface area contributed by atoms with Crippen LogP contribution in [0, 0.1) is 0 Å². The van der Waals surface area contributed by atoms with Crippen LogP contribution in [0.25, 0.3) is 0 Å². The first-order valence-electron chi connectivity index (χ1n) is 5.62. The maximum atomic E-state index is 12.3. The number of ether oxygens (including phenoxy) is 2. The van der Waals surface area contributed by atoms with Crippen LogP contribution in [0.2, 0.25) is 0 Å². The molecular weight excluding hydrogens is 328 g/mol. The lowest BCUT2D eigenvalue weighted by Crippen LogP contribution is -2.05. The first kappa shape index (κ1) is 14.1. The largest absolute Gasteiger partial charge is 0.497 e. The summed E-state index contributed by atoms with van der Waals surface area (Å²) in [6, 6.07) is 7.18. The third kappa shape index (κ3) is 3.36. The second kappa shape index (κ2) is 6.21. The molecule has 0 aliphatic rings. The van der Waals surface area contributed by atoms with E-state index in [9.17, 15) is 4.79 Å². The summed E-state index contributed by atoms with van der Waals surface area (Å²) in [5.41, 5.74) is 0.577. The van der Waals surface area contributed by atoms with E-state index in [0.717, 1.165) is 9.35 Å². The summed E-state index contributed by atoms with van der Waals surface area (Å²) in [4.78, 5) is 13.3. The predicted octanol–water partition coefficient (Wildman–Crippen LogP) is 3.95. The number of rotatable bonds is 5. The summed E-state index contributed by atoms with van der Waals surface area (Å²) in [5, 5.41) is 1.97. The van der Waals surface area contributed by atoms with Crippen molar-refractivity contribution >= 4 is 33.0 Å². The number of thiophene rings is 1. The standard InChI is InChI=1S/C14H13BrO3S/c1-17-10-3-4-12(14(6-10)18-2)13(16)7-11-5-9(15)8-19-11/h3-6,8H,7H2,1-2H3. The monoisotopic (exact) mass is 340 g/mol. The molecule has 0 amide bonds. The first-order valence-corrected chi connectivity index (χ1v) is 7.29. The van der Waals surface area contributed by atoms with Gasteiger partial charge in [0, 0.05) is 27.2 Å². The topological polar surface area (TPSA) is 35.5 Å². The highest BCUT2D eigenvalue weighted by Gasteiger charge is 2.14. The van der Waals surface area contributed by atoms with Gasteiger partial charge in [-0.05, 0) is 34.1 Å². The number of hydrogen-bond acceptors (Lipinski definition) is 4. The van der Waals surface area contributed by atoms with E-state index < -0.39 is 0 Å². The molecule has 3 nitrogen and oxygen atoms in total.